The number of hydrogen-bond acceptors (Lipinski definition) is 3. The first kappa shape index (κ1) is 13.1. The van der Waals surface area contributed by atoms with Crippen molar-refractivity contribution in [3.05, 3.63) is 35.4 Å². The number of aryl methyl sites for hydroxylation is 1. The number of ether oxygens (including phenoxy) is 2. The van der Waals surface area contributed by atoms with Gasteiger partial charge in [0.15, 0.2) is 0 Å². The van der Waals surface area contributed by atoms with Gasteiger partial charge in [-0.3, -0.25) is 0 Å². The van der Waals surface area contributed by atoms with Gasteiger partial charge >= 0.3 is 0 Å². The standard InChI is InChI=1S/C16H23NO2/c1-12-3-2-4-13(7-12)14-8-15(9-14)17-10-16-11-18-5-6-19-16/h2-4,7,14-17H,5-6,8-11H2,1H3. The molecule has 104 valence electrons. The topological polar surface area (TPSA) is 30.5 Å². The summed E-state index contributed by atoms with van der Waals surface area (Å²) in [5, 5.41) is 3.60. The summed E-state index contributed by atoms with van der Waals surface area (Å²) in [5.41, 5.74) is 2.86. The van der Waals surface area contributed by atoms with Crippen molar-refractivity contribution < 1.29 is 9.47 Å². The highest BCUT2D eigenvalue weighted by molar-refractivity contribution is 5.27. The lowest BCUT2D eigenvalue weighted by Crippen LogP contribution is -2.46. The second-order valence-electron chi connectivity index (χ2n) is 5.76. The molecule has 1 saturated heterocycles. The van der Waals surface area contributed by atoms with Gasteiger partial charge in [-0.25, -0.2) is 0 Å². The highest BCUT2D eigenvalue weighted by Crippen LogP contribution is 2.37. The first-order chi connectivity index (χ1) is 9.31. The second-order valence-corrected chi connectivity index (χ2v) is 5.76. The normalized spacial score (nSPS) is 30.9. The lowest BCUT2D eigenvalue weighted by molar-refractivity contribution is -0.0878. The van der Waals surface area contributed by atoms with Crippen molar-refractivity contribution in [3.63, 3.8) is 0 Å². The molecule has 0 aromatic heterocycles. The van der Waals surface area contributed by atoms with Gasteiger partial charge in [0.05, 0.1) is 25.9 Å². The van der Waals surface area contributed by atoms with Gasteiger partial charge in [0, 0.05) is 12.6 Å². The molecule has 3 nitrogen and oxygen atoms in total. The number of nitrogens with one attached hydrogen (secondary N) is 1. The maximum absolute atomic E-state index is 5.64. The van der Waals surface area contributed by atoms with Crippen LogP contribution >= 0.6 is 0 Å². The van der Waals surface area contributed by atoms with E-state index in [2.05, 4.69) is 36.5 Å². The molecule has 3 rings (SSSR count). The molecule has 1 aromatic rings. The summed E-state index contributed by atoms with van der Waals surface area (Å²) in [6.07, 6.45) is 2.74. The molecule has 1 N–H and O–H groups in total. The smallest absolute Gasteiger partial charge is 0.0933 e. The Hall–Kier alpha value is -0.900. The van der Waals surface area contributed by atoms with Gasteiger partial charge in [0.25, 0.3) is 0 Å². The van der Waals surface area contributed by atoms with E-state index in [0.717, 1.165) is 32.3 Å². The lowest BCUT2D eigenvalue weighted by Gasteiger charge is -2.37. The quantitative estimate of drug-likeness (QED) is 0.901. The molecule has 3 heteroatoms. The zero-order chi connectivity index (χ0) is 13.1. The van der Waals surface area contributed by atoms with Crippen molar-refractivity contribution in [1.29, 1.82) is 0 Å². The largest absolute Gasteiger partial charge is 0.376 e. The first-order valence-corrected chi connectivity index (χ1v) is 7.30. The van der Waals surface area contributed by atoms with Crippen molar-refractivity contribution >= 4 is 0 Å². The van der Waals surface area contributed by atoms with Gasteiger partial charge in [-0.2, -0.15) is 0 Å². The van der Waals surface area contributed by atoms with E-state index < -0.39 is 0 Å². The van der Waals surface area contributed by atoms with Crippen LogP contribution in [0.5, 0.6) is 0 Å². The summed E-state index contributed by atoms with van der Waals surface area (Å²) >= 11 is 0. The molecule has 1 aromatic carbocycles. The van der Waals surface area contributed by atoms with Gasteiger partial charge in [-0.05, 0) is 31.2 Å². The summed E-state index contributed by atoms with van der Waals surface area (Å²) in [6.45, 7) is 5.31. The summed E-state index contributed by atoms with van der Waals surface area (Å²) in [6, 6.07) is 9.55. The molecule has 0 bridgehead atoms. The molecular formula is C16H23NO2. The number of rotatable bonds is 4. The molecule has 19 heavy (non-hydrogen) atoms. The maximum atomic E-state index is 5.64. The molecule has 1 saturated carbocycles. The average Bonchev–Trinajstić information content (AvgIpc) is 2.38. The van der Waals surface area contributed by atoms with Crippen molar-refractivity contribution in [2.45, 2.75) is 37.8 Å². The molecule has 1 atom stereocenters. The van der Waals surface area contributed by atoms with Crippen LogP contribution in [-0.2, 0) is 9.47 Å². The Balaban J connectivity index is 1.40. The van der Waals surface area contributed by atoms with E-state index in [1.54, 1.807) is 0 Å². The number of hydrogen-bond donors (Lipinski definition) is 1. The monoisotopic (exact) mass is 261 g/mol. The Kier molecular flexibility index (Phi) is 4.16. The average molecular weight is 261 g/mol. The Morgan fingerprint density at radius 2 is 2.16 bits per heavy atom. The van der Waals surface area contributed by atoms with Crippen LogP contribution in [0.4, 0.5) is 0 Å². The minimum absolute atomic E-state index is 0.242. The van der Waals surface area contributed by atoms with Crippen molar-refractivity contribution in [3.8, 4) is 0 Å². The zero-order valence-electron chi connectivity index (χ0n) is 11.6. The van der Waals surface area contributed by atoms with Crippen LogP contribution in [0.2, 0.25) is 0 Å². The van der Waals surface area contributed by atoms with Crippen LogP contribution in [0.1, 0.15) is 29.9 Å². The van der Waals surface area contributed by atoms with E-state index in [-0.39, 0.29) is 6.10 Å². The zero-order valence-corrected chi connectivity index (χ0v) is 11.6. The highest BCUT2D eigenvalue weighted by Gasteiger charge is 2.30. The van der Waals surface area contributed by atoms with Gasteiger partial charge in [-0.1, -0.05) is 29.8 Å². The van der Waals surface area contributed by atoms with Gasteiger partial charge in [-0.15, -0.1) is 0 Å². The van der Waals surface area contributed by atoms with E-state index in [9.17, 15) is 0 Å². The molecule has 0 spiro atoms. The van der Waals surface area contributed by atoms with Gasteiger partial charge < -0.3 is 14.8 Å². The third-order valence-corrected chi connectivity index (χ3v) is 4.17. The Morgan fingerprint density at radius 3 is 2.89 bits per heavy atom. The predicted octanol–water partition coefficient (Wildman–Crippen LogP) is 2.25. The maximum Gasteiger partial charge on any atom is 0.0933 e. The summed E-state index contributed by atoms with van der Waals surface area (Å²) in [5.74, 6) is 0.737. The Labute approximate surface area is 115 Å². The SMILES string of the molecule is Cc1cccc(C2CC(NCC3COCCO3)C2)c1. The van der Waals surface area contributed by atoms with Crippen LogP contribution in [0.15, 0.2) is 24.3 Å². The fourth-order valence-corrected chi connectivity index (χ4v) is 2.93. The van der Waals surface area contributed by atoms with E-state index in [0.29, 0.717) is 6.04 Å². The molecule has 1 unspecified atom stereocenters. The van der Waals surface area contributed by atoms with Crippen LogP contribution < -0.4 is 5.32 Å². The van der Waals surface area contributed by atoms with Crippen molar-refractivity contribution in [2.24, 2.45) is 0 Å². The molecule has 0 radical (unpaired) electrons. The summed E-state index contributed by atoms with van der Waals surface area (Å²) in [7, 11) is 0. The molecule has 1 aliphatic carbocycles. The fraction of sp³-hybridized carbons (Fsp3) is 0.625. The minimum Gasteiger partial charge on any atom is -0.376 e. The number of benzene rings is 1. The van der Waals surface area contributed by atoms with Crippen molar-refractivity contribution in [1.82, 2.24) is 5.32 Å². The van der Waals surface area contributed by atoms with Crippen LogP contribution in [0.3, 0.4) is 0 Å². The molecule has 1 heterocycles. The third-order valence-electron chi connectivity index (χ3n) is 4.17. The van der Waals surface area contributed by atoms with Crippen LogP contribution in [-0.4, -0.2) is 38.5 Å². The van der Waals surface area contributed by atoms with E-state index in [4.69, 9.17) is 9.47 Å². The van der Waals surface area contributed by atoms with E-state index >= 15 is 0 Å². The van der Waals surface area contributed by atoms with E-state index in [1.165, 1.54) is 24.0 Å². The predicted molar refractivity (Wildman–Crippen MR) is 75.5 cm³/mol. The molecule has 2 fully saturated rings. The van der Waals surface area contributed by atoms with Crippen LogP contribution in [0, 0.1) is 6.92 Å². The molecule has 1 aliphatic heterocycles. The van der Waals surface area contributed by atoms with E-state index in [1.807, 2.05) is 0 Å². The summed E-state index contributed by atoms with van der Waals surface area (Å²) < 4.78 is 11.0. The van der Waals surface area contributed by atoms with Gasteiger partial charge in [0.1, 0.15) is 0 Å². The van der Waals surface area contributed by atoms with Crippen LogP contribution in [0.25, 0.3) is 0 Å². The molecule has 2 aliphatic rings. The summed E-state index contributed by atoms with van der Waals surface area (Å²) in [4.78, 5) is 0. The Morgan fingerprint density at radius 1 is 1.26 bits per heavy atom. The first-order valence-electron chi connectivity index (χ1n) is 7.30. The molecular weight excluding hydrogens is 238 g/mol. The Bertz CT molecular complexity index is 409. The minimum atomic E-state index is 0.242. The van der Waals surface area contributed by atoms with Gasteiger partial charge in [0.2, 0.25) is 0 Å². The molecule has 0 amide bonds. The lowest BCUT2D eigenvalue weighted by atomic mass is 9.75. The fourth-order valence-electron chi connectivity index (χ4n) is 2.93. The third kappa shape index (κ3) is 3.35. The second kappa shape index (κ2) is 6.04. The van der Waals surface area contributed by atoms with Crippen molar-refractivity contribution in [2.75, 3.05) is 26.4 Å². The highest BCUT2D eigenvalue weighted by atomic mass is 16.6.